The van der Waals surface area contributed by atoms with E-state index in [9.17, 15) is 4.79 Å². The molecule has 2 aromatic carbocycles. The molecule has 0 radical (unpaired) electrons. The van der Waals surface area contributed by atoms with E-state index in [-0.39, 0.29) is 11.5 Å². The molecule has 146 valence electrons. The van der Waals surface area contributed by atoms with Gasteiger partial charge in [-0.2, -0.15) is 0 Å². The quantitative estimate of drug-likeness (QED) is 0.810. The largest absolute Gasteiger partial charge is 0.450 e. The van der Waals surface area contributed by atoms with Gasteiger partial charge in [-0.15, -0.1) is 0 Å². The SMILES string of the molecule is CCOC(=O)NCC(C)(CCN1CCOCC1)c1cccc2ccccc12. The fourth-order valence-corrected chi connectivity index (χ4v) is 3.75. The number of fused-ring (bicyclic) bond motifs is 1. The van der Waals surface area contributed by atoms with Crippen molar-refractivity contribution in [3.63, 3.8) is 0 Å². The van der Waals surface area contributed by atoms with Crippen molar-refractivity contribution in [2.24, 2.45) is 0 Å². The smallest absolute Gasteiger partial charge is 0.407 e. The van der Waals surface area contributed by atoms with Gasteiger partial charge >= 0.3 is 6.09 Å². The third-order valence-electron chi connectivity index (χ3n) is 5.42. The molecule has 5 heteroatoms. The highest BCUT2D eigenvalue weighted by Gasteiger charge is 2.30. The van der Waals surface area contributed by atoms with Gasteiger partial charge in [-0.3, -0.25) is 4.90 Å². The Labute approximate surface area is 161 Å². The number of rotatable bonds is 7. The van der Waals surface area contributed by atoms with E-state index in [2.05, 4.69) is 59.6 Å². The minimum absolute atomic E-state index is 0.189. The van der Waals surface area contributed by atoms with Crippen molar-refractivity contribution in [3.05, 3.63) is 48.0 Å². The van der Waals surface area contributed by atoms with Gasteiger partial charge in [-0.25, -0.2) is 4.79 Å². The maximum absolute atomic E-state index is 11.9. The Bertz CT molecular complexity index is 753. The molecule has 3 rings (SSSR count). The molecule has 0 saturated carbocycles. The molecule has 27 heavy (non-hydrogen) atoms. The molecule has 5 nitrogen and oxygen atoms in total. The molecule has 0 aliphatic carbocycles. The number of nitrogens with zero attached hydrogens (tertiary/aromatic N) is 1. The standard InChI is InChI=1S/C22H30N2O3/c1-3-27-21(25)23-17-22(2,11-12-24-13-15-26-16-14-24)20-10-6-8-18-7-4-5-9-19(18)20/h4-10H,3,11-17H2,1-2H3,(H,23,25). The van der Waals surface area contributed by atoms with Crippen LogP contribution in [-0.2, 0) is 14.9 Å². The van der Waals surface area contributed by atoms with Crippen molar-refractivity contribution in [2.75, 3.05) is 46.0 Å². The number of ether oxygens (including phenoxy) is 2. The minimum atomic E-state index is -0.352. The molecule has 1 heterocycles. The van der Waals surface area contributed by atoms with E-state index in [1.54, 1.807) is 0 Å². The van der Waals surface area contributed by atoms with Crippen molar-refractivity contribution < 1.29 is 14.3 Å². The van der Waals surface area contributed by atoms with E-state index in [1.807, 2.05) is 6.92 Å². The van der Waals surface area contributed by atoms with Gasteiger partial charge in [0, 0.05) is 25.0 Å². The minimum Gasteiger partial charge on any atom is -0.450 e. The molecular formula is C22H30N2O3. The molecule has 0 aromatic heterocycles. The zero-order valence-electron chi connectivity index (χ0n) is 16.4. The summed E-state index contributed by atoms with van der Waals surface area (Å²) in [6.07, 6.45) is 0.600. The van der Waals surface area contributed by atoms with Gasteiger partial charge in [0.05, 0.1) is 19.8 Å². The predicted molar refractivity (Wildman–Crippen MR) is 108 cm³/mol. The highest BCUT2D eigenvalue weighted by Crippen LogP contribution is 2.33. The highest BCUT2D eigenvalue weighted by atomic mass is 16.5. The van der Waals surface area contributed by atoms with Crippen LogP contribution in [0.5, 0.6) is 0 Å². The number of alkyl carbamates (subject to hydrolysis) is 1. The van der Waals surface area contributed by atoms with E-state index < -0.39 is 0 Å². The van der Waals surface area contributed by atoms with Gasteiger partial charge in [-0.05, 0) is 36.2 Å². The highest BCUT2D eigenvalue weighted by molar-refractivity contribution is 5.86. The van der Waals surface area contributed by atoms with Crippen LogP contribution < -0.4 is 5.32 Å². The summed E-state index contributed by atoms with van der Waals surface area (Å²) >= 11 is 0. The first-order valence-electron chi connectivity index (χ1n) is 9.81. The lowest BCUT2D eigenvalue weighted by molar-refractivity contribution is 0.0347. The molecule has 1 atom stereocenters. The normalized spacial score (nSPS) is 17.4. The lowest BCUT2D eigenvalue weighted by Crippen LogP contribution is -2.43. The molecule has 1 saturated heterocycles. The average molecular weight is 370 g/mol. The van der Waals surface area contributed by atoms with Crippen molar-refractivity contribution in [1.29, 1.82) is 0 Å². The first kappa shape index (κ1) is 19.6. The monoisotopic (exact) mass is 370 g/mol. The van der Waals surface area contributed by atoms with Crippen LogP contribution in [0.4, 0.5) is 4.79 Å². The number of benzene rings is 2. The molecule has 1 N–H and O–H groups in total. The van der Waals surface area contributed by atoms with E-state index >= 15 is 0 Å². The third-order valence-corrected chi connectivity index (χ3v) is 5.42. The van der Waals surface area contributed by atoms with Gasteiger partial charge in [-0.1, -0.05) is 49.4 Å². The molecule has 1 fully saturated rings. The maximum Gasteiger partial charge on any atom is 0.407 e. The first-order valence-corrected chi connectivity index (χ1v) is 9.81. The van der Waals surface area contributed by atoms with Gasteiger partial charge in [0.15, 0.2) is 0 Å². The van der Waals surface area contributed by atoms with Crippen LogP contribution in [-0.4, -0.2) is 57.0 Å². The second-order valence-corrected chi connectivity index (χ2v) is 7.37. The van der Waals surface area contributed by atoms with Crippen LogP contribution in [0.15, 0.2) is 42.5 Å². The van der Waals surface area contributed by atoms with Crippen molar-refractivity contribution in [1.82, 2.24) is 10.2 Å². The Hall–Kier alpha value is -2.11. The molecule has 1 amide bonds. The average Bonchev–Trinajstić information content (AvgIpc) is 2.71. The molecule has 0 spiro atoms. The number of carbonyl (C=O) groups is 1. The van der Waals surface area contributed by atoms with Crippen molar-refractivity contribution in [3.8, 4) is 0 Å². The Kier molecular flexibility index (Phi) is 6.69. The van der Waals surface area contributed by atoms with Gasteiger partial charge in [0.2, 0.25) is 0 Å². The summed E-state index contributed by atoms with van der Waals surface area (Å²) in [5.74, 6) is 0. The lowest BCUT2D eigenvalue weighted by atomic mass is 9.77. The second-order valence-electron chi connectivity index (χ2n) is 7.37. The third kappa shape index (κ3) is 4.99. The fourth-order valence-electron chi connectivity index (χ4n) is 3.75. The summed E-state index contributed by atoms with van der Waals surface area (Å²) in [6.45, 7) is 9.50. The van der Waals surface area contributed by atoms with Crippen LogP contribution in [0.1, 0.15) is 25.8 Å². The Morgan fingerprint density at radius 2 is 1.93 bits per heavy atom. The van der Waals surface area contributed by atoms with Crippen LogP contribution in [0, 0.1) is 0 Å². The zero-order valence-corrected chi connectivity index (χ0v) is 16.4. The molecule has 2 aromatic rings. The van der Waals surface area contributed by atoms with E-state index in [0.717, 1.165) is 39.3 Å². The number of hydrogen-bond acceptors (Lipinski definition) is 4. The van der Waals surface area contributed by atoms with Crippen LogP contribution in [0.25, 0.3) is 10.8 Å². The van der Waals surface area contributed by atoms with Crippen molar-refractivity contribution >= 4 is 16.9 Å². The Morgan fingerprint density at radius 1 is 1.19 bits per heavy atom. The fraction of sp³-hybridized carbons (Fsp3) is 0.500. The Balaban J connectivity index is 1.84. The number of amides is 1. The number of nitrogens with one attached hydrogen (secondary N) is 1. The topological polar surface area (TPSA) is 50.8 Å². The summed E-state index contributed by atoms with van der Waals surface area (Å²) in [5.41, 5.74) is 1.08. The van der Waals surface area contributed by atoms with Gasteiger partial charge < -0.3 is 14.8 Å². The van der Waals surface area contributed by atoms with Crippen LogP contribution in [0.2, 0.25) is 0 Å². The van der Waals surface area contributed by atoms with Crippen LogP contribution >= 0.6 is 0 Å². The number of hydrogen-bond donors (Lipinski definition) is 1. The maximum atomic E-state index is 11.9. The summed E-state index contributed by atoms with van der Waals surface area (Å²) < 4.78 is 10.5. The van der Waals surface area contributed by atoms with Crippen LogP contribution in [0.3, 0.4) is 0 Å². The summed E-state index contributed by atoms with van der Waals surface area (Å²) in [7, 11) is 0. The lowest BCUT2D eigenvalue weighted by Gasteiger charge is -2.35. The van der Waals surface area contributed by atoms with Gasteiger partial charge in [0.25, 0.3) is 0 Å². The second kappa shape index (κ2) is 9.20. The molecule has 1 aliphatic heterocycles. The first-order chi connectivity index (χ1) is 13.1. The molecule has 1 aliphatic rings. The number of carbonyl (C=O) groups excluding carboxylic acids is 1. The molecule has 1 unspecified atom stereocenters. The van der Waals surface area contributed by atoms with E-state index in [4.69, 9.17) is 9.47 Å². The zero-order chi connectivity index (χ0) is 19.1. The summed E-state index contributed by atoms with van der Waals surface area (Å²) in [6, 6.07) is 14.9. The summed E-state index contributed by atoms with van der Waals surface area (Å²) in [4.78, 5) is 14.4. The van der Waals surface area contributed by atoms with E-state index in [0.29, 0.717) is 13.2 Å². The molecular weight excluding hydrogens is 340 g/mol. The Morgan fingerprint density at radius 3 is 2.70 bits per heavy atom. The van der Waals surface area contributed by atoms with Gasteiger partial charge in [0.1, 0.15) is 0 Å². The van der Waals surface area contributed by atoms with Crippen molar-refractivity contribution in [2.45, 2.75) is 25.7 Å². The van der Waals surface area contributed by atoms with E-state index in [1.165, 1.54) is 16.3 Å². The predicted octanol–water partition coefficient (Wildman–Crippen LogP) is 3.57. The summed E-state index contributed by atoms with van der Waals surface area (Å²) in [5, 5.41) is 5.44. The number of morpholine rings is 1. The molecule has 0 bridgehead atoms.